The van der Waals surface area contributed by atoms with Gasteiger partial charge in [-0.2, -0.15) is 0 Å². The second kappa shape index (κ2) is 7.00. The Hall–Kier alpha value is -1.46. The third kappa shape index (κ3) is 4.02. The molecule has 4 nitrogen and oxygen atoms in total. The van der Waals surface area contributed by atoms with E-state index in [2.05, 4.69) is 10.6 Å². The number of rotatable bonds is 5. The number of carbonyl (C=O) groups is 1. The van der Waals surface area contributed by atoms with E-state index in [4.69, 9.17) is 4.74 Å². The molecule has 5 heteroatoms. The van der Waals surface area contributed by atoms with Gasteiger partial charge in [0.15, 0.2) is 0 Å². The zero-order valence-corrected chi connectivity index (χ0v) is 12.7. The van der Waals surface area contributed by atoms with Crippen molar-refractivity contribution >= 4 is 5.91 Å². The molecule has 0 aromatic heterocycles. The monoisotopic (exact) mass is 294 g/mol. The molecular formula is C16H23FN2O2. The number of piperidine rings is 1. The second-order valence-corrected chi connectivity index (χ2v) is 5.85. The number of hydrogen-bond donors (Lipinski definition) is 2. The number of ether oxygens (including phenoxy) is 1. The molecule has 2 N–H and O–H groups in total. The molecule has 0 spiro atoms. The van der Waals surface area contributed by atoms with Crippen LogP contribution in [0.2, 0.25) is 0 Å². The summed E-state index contributed by atoms with van der Waals surface area (Å²) in [7, 11) is 1.67. The maximum Gasteiger partial charge on any atom is 0.254 e. The molecule has 0 atom stereocenters. The van der Waals surface area contributed by atoms with Gasteiger partial charge in [-0.05, 0) is 45.0 Å². The Kier molecular flexibility index (Phi) is 5.31. The molecule has 1 aromatic carbocycles. The zero-order chi connectivity index (χ0) is 15.3. The lowest BCUT2D eigenvalue weighted by atomic mass is 9.79. The van der Waals surface area contributed by atoms with Gasteiger partial charge < -0.3 is 15.4 Å². The van der Waals surface area contributed by atoms with Crippen LogP contribution in [0.25, 0.3) is 0 Å². The van der Waals surface area contributed by atoms with Gasteiger partial charge in [0.05, 0.1) is 12.2 Å². The van der Waals surface area contributed by atoms with E-state index in [0.29, 0.717) is 13.2 Å². The summed E-state index contributed by atoms with van der Waals surface area (Å²) in [6.45, 7) is 4.78. The second-order valence-electron chi connectivity index (χ2n) is 5.85. The first-order valence-corrected chi connectivity index (χ1v) is 7.30. The van der Waals surface area contributed by atoms with Crippen LogP contribution in [0.4, 0.5) is 4.39 Å². The fraction of sp³-hybridized carbons (Fsp3) is 0.562. The van der Waals surface area contributed by atoms with Crippen LogP contribution in [-0.4, -0.2) is 39.3 Å². The molecule has 1 amide bonds. The van der Waals surface area contributed by atoms with Crippen LogP contribution in [0.15, 0.2) is 18.2 Å². The fourth-order valence-electron chi connectivity index (χ4n) is 2.81. The Bertz CT molecular complexity index is 494. The lowest BCUT2D eigenvalue weighted by molar-refractivity contribution is 0.0511. The van der Waals surface area contributed by atoms with Gasteiger partial charge in [0, 0.05) is 19.1 Å². The van der Waals surface area contributed by atoms with Crippen molar-refractivity contribution in [2.75, 3.05) is 33.4 Å². The van der Waals surface area contributed by atoms with Crippen molar-refractivity contribution in [1.29, 1.82) is 0 Å². The SMILES string of the molecule is COCC1(CNC(=O)c2cc(C)ccc2F)CCNCC1. The summed E-state index contributed by atoms with van der Waals surface area (Å²) in [5, 5.41) is 6.18. The molecule has 0 aliphatic carbocycles. The topological polar surface area (TPSA) is 50.4 Å². The van der Waals surface area contributed by atoms with Crippen LogP contribution >= 0.6 is 0 Å². The molecule has 0 radical (unpaired) electrons. The van der Waals surface area contributed by atoms with Gasteiger partial charge in [0.25, 0.3) is 5.91 Å². The molecule has 1 aliphatic heterocycles. The van der Waals surface area contributed by atoms with E-state index >= 15 is 0 Å². The molecule has 1 fully saturated rings. The smallest absolute Gasteiger partial charge is 0.254 e. The van der Waals surface area contributed by atoms with E-state index in [-0.39, 0.29) is 16.9 Å². The summed E-state index contributed by atoms with van der Waals surface area (Å²) in [5.41, 5.74) is 0.919. The third-order valence-electron chi connectivity index (χ3n) is 4.11. The van der Waals surface area contributed by atoms with Gasteiger partial charge in [0.1, 0.15) is 5.82 Å². The van der Waals surface area contributed by atoms with Gasteiger partial charge >= 0.3 is 0 Å². The van der Waals surface area contributed by atoms with E-state index < -0.39 is 5.82 Å². The number of aryl methyl sites for hydroxylation is 1. The van der Waals surface area contributed by atoms with E-state index in [1.54, 1.807) is 19.2 Å². The van der Waals surface area contributed by atoms with E-state index in [1.165, 1.54) is 6.07 Å². The van der Waals surface area contributed by atoms with Crippen molar-refractivity contribution < 1.29 is 13.9 Å². The van der Waals surface area contributed by atoms with Crippen LogP contribution in [0, 0.1) is 18.2 Å². The van der Waals surface area contributed by atoms with E-state index in [9.17, 15) is 9.18 Å². The van der Waals surface area contributed by atoms with Gasteiger partial charge in [-0.15, -0.1) is 0 Å². The summed E-state index contributed by atoms with van der Waals surface area (Å²) >= 11 is 0. The highest BCUT2D eigenvalue weighted by molar-refractivity contribution is 5.94. The summed E-state index contributed by atoms with van der Waals surface area (Å²) in [6.07, 6.45) is 1.88. The van der Waals surface area contributed by atoms with Crippen LogP contribution in [-0.2, 0) is 4.74 Å². The van der Waals surface area contributed by atoms with Crippen LogP contribution in [0.3, 0.4) is 0 Å². The molecule has 2 rings (SSSR count). The average molecular weight is 294 g/mol. The van der Waals surface area contributed by atoms with Crippen molar-refractivity contribution in [3.05, 3.63) is 35.1 Å². The summed E-state index contributed by atoms with van der Waals surface area (Å²) in [6, 6.07) is 4.57. The maximum atomic E-state index is 13.7. The Morgan fingerprint density at radius 3 is 2.81 bits per heavy atom. The van der Waals surface area contributed by atoms with Crippen molar-refractivity contribution in [2.24, 2.45) is 5.41 Å². The standard InChI is InChI=1S/C16H23FN2O2/c1-12-3-4-14(17)13(9-12)15(20)19-10-16(11-21-2)5-7-18-8-6-16/h3-4,9,18H,5-8,10-11H2,1-2H3,(H,19,20). The van der Waals surface area contributed by atoms with Crippen molar-refractivity contribution in [3.63, 3.8) is 0 Å². The average Bonchev–Trinajstić information content (AvgIpc) is 2.49. The first kappa shape index (κ1) is 15.9. The lowest BCUT2D eigenvalue weighted by Crippen LogP contribution is -2.47. The molecule has 1 aromatic rings. The largest absolute Gasteiger partial charge is 0.384 e. The molecule has 1 heterocycles. The summed E-state index contributed by atoms with van der Waals surface area (Å²) in [4.78, 5) is 12.2. The number of methoxy groups -OCH3 is 1. The van der Waals surface area contributed by atoms with Gasteiger partial charge in [-0.1, -0.05) is 11.6 Å². The summed E-state index contributed by atoms with van der Waals surface area (Å²) in [5.74, 6) is -0.839. The minimum Gasteiger partial charge on any atom is -0.384 e. The third-order valence-corrected chi connectivity index (χ3v) is 4.11. The Labute approximate surface area is 125 Å². The Morgan fingerprint density at radius 1 is 1.43 bits per heavy atom. The lowest BCUT2D eigenvalue weighted by Gasteiger charge is -2.37. The number of benzene rings is 1. The van der Waals surface area contributed by atoms with Gasteiger partial charge in [-0.25, -0.2) is 4.39 Å². The van der Waals surface area contributed by atoms with Gasteiger partial charge in [0.2, 0.25) is 0 Å². The predicted octanol–water partition coefficient (Wildman–Crippen LogP) is 1.88. The highest BCUT2D eigenvalue weighted by Gasteiger charge is 2.32. The summed E-state index contributed by atoms with van der Waals surface area (Å²) < 4.78 is 19.0. The Balaban J connectivity index is 2.03. The first-order valence-electron chi connectivity index (χ1n) is 7.30. The number of amides is 1. The quantitative estimate of drug-likeness (QED) is 0.872. The number of hydrogen-bond acceptors (Lipinski definition) is 3. The number of carbonyl (C=O) groups excluding carboxylic acids is 1. The molecule has 0 saturated carbocycles. The maximum absolute atomic E-state index is 13.7. The van der Waals surface area contributed by atoms with Crippen molar-refractivity contribution in [2.45, 2.75) is 19.8 Å². The van der Waals surface area contributed by atoms with E-state index in [1.807, 2.05) is 6.92 Å². The van der Waals surface area contributed by atoms with Crippen LogP contribution < -0.4 is 10.6 Å². The normalized spacial score (nSPS) is 17.5. The minimum atomic E-state index is -0.482. The molecule has 21 heavy (non-hydrogen) atoms. The van der Waals surface area contributed by atoms with Gasteiger partial charge in [-0.3, -0.25) is 4.79 Å². The Morgan fingerprint density at radius 2 is 2.14 bits per heavy atom. The molecule has 0 bridgehead atoms. The molecular weight excluding hydrogens is 271 g/mol. The fourth-order valence-corrected chi connectivity index (χ4v) is 2.81. The molecule has 1 saturated heterocycles. The number of halogens is 1. The van der Waals surface area contributed by atoms with E-state index in [0.717, 1.165) is 31.5 Å². The number of nitrogens with one attached hydrogen (secondary N) is 2. The molecule has 116 valence electrons. The van der Waals surface area contributed by atoms with Crippen LogP contribution in [0.5, 0.6) is 0 Å². The molecule has 1 aliphatic rings. The first-order chi connectivity index (χ1) is 10.1. The van der Waals surface area contributed by atoms with Crippen molar-refractivity contribution in [1.82, 2.24) is 10.6 Å². The highest BCUT2D eigenvalue weighted by Crippen LogP contribution is 2.28. The zero-order valence-electron chi connectivity index (χ0n) is 12.7. The highest BCUT2D eigenvalue weighted by atomic mass is 19.1. The minimum absolute atomic E-state index is 0.0596. The van der Waals surface area contributed by atoms with Crippen LogP contribution in [0.1, 0.15) is 28.8 Å². The molecule has 0 unspecified atom stereocenters. The predicted molar refractivity (Wildman–Crippen MR) is 79.9 cm³/mol. The van der Waals surface area contributed by atoms with Crippen molar-refractivity contribution in [3.8, 4) is 0 Å².